The molecule has 1 N–H and O–H groups in total. The third-order valence-electron chi connectivity index (χ3n) is 8.18. The molecule has 0 aliphatic heterocycles. The zero-order valence-electron chi connectivity index (χ0n) is 14.8. The van der Waals surface area contributed by atoms with Crippen LogP contribution in [-0.2, 0) is 4.79 Å². The van der Waals surface area contributed by atoms with Gasteiger partial charge in [-0.25, -0.2) is 0 Å². The Morgan fingerprint density at radius 3 is 2.74 bits per heavy atom. The summed E-state index contributed by atoms with van der Waals surface area (Å²) < 4.78 is 0. The van der Waals surface area contributed by atoms with Gasteiger partial charge in [0.1, 0.15) is 0 Å². The van der Waals surface area contributed by atoms with Crippen molar-refractivity contribution >= 4 is 5.78 Å². The zero-order valence-corrected chi connectivity index (χ0v) is 14.8. The maximum atomic E-state index is 12.4. The Balaban J connectivity index is 1.68. The largest absolute Gasteiger partial charge is 0.390 e. The summed E-state index contributed by atoms with van der Waals surface area (Å²) in [5.74, 6) is 2.07. The number of hydrogen-bond acceptors (Lipinski definition) is 2. The molecule has 0 saturated heterocycles. The van der Waals surface area contributed by atoms with Gasteiger partial charge in [-0.2, -0.15) is 0 Å². The highest BCUT2D eigenvalue weighted by Crippen LogP contribution is 2.63. The molecule has 4 aliphatic carbocycles. The Kier molecular flexibility index (Phi) is 3.27. The van der Waals surface area contributed by atoms with Crippen molar-refractivity contribution in [2.45, 2.75) is 71.3 Å². The van der Waals surface area contributed by atoms with Crippen molar-refractivity contribution in [1.82, 2.24) is 0 Å². The summed E-state index contributed by atoms with van der Waals surface area (Å²) >= 11 is 0. The fourth-order valence-corrected chi connectivity index (χ4v) is 6.29. The molecule has 2 fully saturated rings. The molecule has 2 heteroatoms. The van der Waals surface area contributed by atoms with Crippen molar-refractivity contribution in [1.29, 1.82) is 0 Å². The summed E-state index contributed by atoms with van der Waals surface area (Å²) in [6.07, 6.45) is 13.5. The Labute approximate surface area is 140 Å². The lowest BCUT2D eigenvalue weighted by Crippen LogP contribution is -2.52. The predicted octanol–water partition coefficient (Wildman–Crippen LogP) is 4.44. The summed E-state index contributed by atoms with van der Waals surface area (Å²) in [7, 11) is 0. The van der Waals surface area contributed by atoms with Crippen LogP contribution in [0.1, 0.15) is 65.7 Å². The molecule has 0 heterocycles. The van der Waals surface area contributed by atoms with E-state index in [1.165, 1.54) is 12.0 Å². The Morgan fingerprint density at radius 1 is 1.22 bits per heavy atom. The maximum Gasteiger partial charge on any atom is 0.161 e. The minimum atomic E-state index is -0.482. The Morgan fingerprint density at radius 2 is 2.00 bits per heavy atom. The van der Waals surface area contributed by atoms with E-state index in [1.807, 2.05) is 6.08 Å². The first-order valence-corrected chi connectivity index (χ1v) is 9.47. The van der Waals surface area contributed by atoms with Crippen LogP contribution in [-0.4, -0.2) is 16.5 Å². The van der Waals surface area contributed by atoms with Crippen molar-refractivity contribution in [3.63, 3.8) is 0 Å². The Hall–Kier alpha value is -0.890. The molecule has 2 saturated carbocycles. The lowest BCUT2D eigenvalue weighted by Gasteiger charge is -2.57. The van der Waals surface area contributed by atoms with Gasteiger partial charge in [-0.1, -0.05) is 38.5 Å². The van der Waals surface area contributed by atoms with Gasteiger partial charge in [-0.3, -0.25) is 4.79 Å². The van der Waals surface area contributed by atoms with Gasteiger partial charge in [0.05, 0.1) is 5.60 Å². The van der Waals surface area contributed by atoms with Gasteiger partial charge in [-0.05, 0) is 74.2 Å². The van der Waals surface area contributed by atoms with Crippen LogP contribution in [0.5, 0.6) is 0 Å². The van der Waals surface area contributed by atoms with E-state index in [0.29, 0.717) is 23.5 Å². The van der Waals surface area contributed by atoms with Gasteiger partial charge < -0.3 is 5.11 Å². The van der Waals surface area contributed by atoms with Gasteiger partial charge in [0.15, 0.2) is 5.78 Å². The fourth-order valence-electron chi connectivity index (χ4n) is 6.29. The standard InChI is InChI=1S/C21H30O2/c1-4-21(23)12-11-19(2)14(13-21)5-6-15-16-7-8-18(22)20(16,3)10-9-17(15)19/h5,7-8,15-17,23H,4,6,9-13H2,1-3H3/t15-,16-,17-,19-,20-,21-/m0/s1. The van der Waals surface area contributed by atoms with E-state index < -0.39 is 5.60 Å². The van der Waals surface area contributed by atoms with Crippen molar-refractivity contribution < 1.29 is 9.90 Å². The van der Waals surface area contributed by atoms with E-state index in [0.717, 1.165) is 38.5 Å². The molecule has 0 aromatic heterocycles. The van der Waals surface area contributed by atoms with E-state index >= 15 is 0 Å². The lowest BCUT2D eigenvalue weighted by atomic mass is 9.47. The summed E-state index contributed by atoms with van der Waals surface area (Å²) in [6, 6.07) is 0. The highest BCUT2D eigenvalue weighted by atomic mass is 16.3. The van der Waals surface area contributed by atoms with E-state index in [4.69, 9.17) is 0 Å². The predicted molar refractivity (Wildman–Crippen MR) is 91.9 cm³/mol. The molecule has 4 aliphatic rings. The molecule has 6 atom stereocenters. The van der Waals surface area contributed by atoms with Crippen molar-refractivity contribution in [2.75, 3.05) is 0 Å². The molecular weight excluding hydrogens is 284 g/mol. The van der Waals surface area contributed by atoms with Crippen molar-refractivity contribution in [3.05, 3.63) is 23.8 Å². The SMILES string of the molecule is CC[C@]1(O)CC[C@@]2(C)C(=CC[C@@H]3[C@@H]2CC[C@]2(C)C(=O)C=C[C@@H]32)C1. The molecule has 0 amide bonds. The van der Waals surface area contributed by atoms with Gasteiger partial charge in [0.25, 0.3) is 0 Å². The minimum absolute atomic E-state index is 0.137. The first-order valence-electron chi connectivity index (χ1n) is 9.47. The Bertz CT molecular complexity index is 603. The van der Waals surface area contributed by atoms with E-state index in [9.17, 15) is 9.90 Å². The summed E-state index contributed by atoms with van der Waals surface area (Å²) in [6.45, 7) is 6.73. The number of fused-ring (bicyclic) bond motifs is 5. The smallest absolute Gasteiger partial charge is 0.161 e. The lowest BCUT2D eigenvalue weighted by molar-refractivity contribution is -0.130. The maximum absolute atomic E-state index is 12.4. The summed E-state index contributed by atoms with van der Waals surface area (Å²) in [5.41, 5.74) is 1.13. The van der Waals surface area contributed by atoms with Crippen LogP contribution in [0.25, 0.3) is 0 Å². The van der Waals surface area contributed by atoms with Gasteiger partial charge in [0.2, 0.25) is 0 Å². The van der Waals surface area contributed by atoms with Crippen LogP contribution in [0, 0.1) is 28.6 Å². The first kappa shape index (κ1) is 15.6. The van der Waals surface area contributed by atoms with Crippen LogP contribution in [0.15, 0.2) is 23.8 Å². The molecule has 126 valence electrons. The van der Waals surface area contributed by atoms with Crippen molar-refractivity contribution in [3.8, 4) is 0 Å². The highest BCUT2D eigenvalue weighted by Gasteiger charge is 2.58. The first-order chi connectivity index (χ1) is 10.8. The minimum Gasteiger partial charge on any atom is -0.390 e. The topological polar surface area (TPSA) is 37.3 Å². The highest BCUT2D eigenvalue weighted by molar-refractivity contribution is 5.97. The summed E-state index contributed by atoms with van der Waals surface area (Å²) in [4.78, 5) is 12.4. The van der Waals surface area contributed by atoms with E-state index in [1.54, 1.807) is 0 Å². The van der Waals surface area contributed by atoms with Crippen LogP contribution >= 0.6 is 0 Å². The fraction of sp³-hybridized carbons (Fsp3) is 0.762. The number of carbonyl (C=O) groups is 1. The summed E-state index contributed by atoms with van der Waals surface area (Å²) in [5, 5.41) is 10.8. The molecule has 0 bridgehead atoms. The monoisotopic (exact) mass is 314 g/mol. The van der Waals surface area contributed by atoms with Gasteiger partial charge in [-0.15, -0.1) is 0 Å². The van der Waals surface area contributed by atoms with Crippen LogP contribution in [0.4, 0.5) is 0 Å². The average molecular weight is 314 g/mol. The molecular formula is C21H30O2. The molecule has 0 spiro atoms. The second-order valence-corrected chi connectivity index (χ2v) is 9.11. The van der Waals surface area contributed by atoms with Gasteiger partial charge >= 0.3 is 0 Å². The van der Waals surface area contributed by atoms with Crippen LogP contribution < -0.4 is 0 Å². The third kappa shape index (κ3) is 2.00. The third-order valence-corrected chi connectivity index (χ3v) is 8.18. The van der Waals surface area contributed by atoms with E-state index in [2.05, 4.69) is 32.9 Å². The number of hydrogen-bond donors (Lipinski definition) is 1. The number of carbonyl (C=O) groups excluding carboxylic acids is 1. The van der Waals surface area contributed by atoms with Crippen LogP contribution in [0.2, 0.25) is 0 Å². The molecule has 0 aromatic carbocycles. The average Bonchev–Trinajstić information content (AvgIpc) is 2.84. The quantitative estimate of drug-likeness (QED) is 0.727. The molecule has 2 nitrogen and oxygen atoms in total. The van der Waals surface area contributed by atoms with Gasteiger partial charge in [0, 0.05) is 5.41 Å². The molecule has 23 heavy (non-hydrogen) atoms. The normalized spacial score (nSPS) is 51.7. The molecule has 4 rings (SSSR count). The zero-order chi connectivity index (χ0) is 16.5. The van der Waals surface area contributed by atoms with E-state index in [-0.39, 0.29) is 10.8 Å². The number of allylic oxidation sites excluding steroid dienone is 3. The second-order valence-electron chi connectivity index (χ2n) is 9.11. The number of aliphatic hydroxyl groups is 1. The number of rotatable bonds is 1. The molecule has 0 aromatic rings. The second kappa shape index (κ2) is 4.81. The molecule has 0 radical (unpaired) electrons. The van der Waals surface area contributed by atoms with Crippen LogP contribution in [0.3, 0.4) is 0 Å². The van der Waals surface area contributed by atoms with Crippen molar-refractivity contribution in [2.24, 2.45) is 28.6 Å². The molecule has 0 unspecified atom stereocenters. The number of ketones is 1.